The number of hydrogen-bond donors (Lipinski definition) is 1. The lowest BCUT2D eigenvalue weighted by Crippen LogP contribution is -2.15. The summed E-state index contributed by atoms with van der Waals surface area (Å²) in [5.41, 5.74) is 0.292. The molecule has 0 radical (unpaired) electrons. The Labute approximate surface area is 126 Å². The standard InChI is InChI=1S/C11H6Cl2F3N3O2/c1-21-10(20)8(4-17)18-19-9-6(12)2-5(3-7(9)13)11(14,15)16/h2-3,19H,1H3. The minimum absolute atomic E-state index is 0.178. The zero-order valence-corrected chi connectivity index (χ0v) is 11.8. The normalized spacial score (nSPS) is 11.8. The first-order valence-electron chi connectivity index (χ1n) is 5.09. The third-order valence-corrected chi connectivity index (χ3v) is 2.73. The molecule has 0 fully saturated rings. The Kier molecular flexibility index (Phi) is 5.41. The van der Waals surface area contributed by atoms with Crippen molar-refractivity contribution in [3.05, 3.63) is 27.7 Å². The number of hydrazone groups is 1. The number of carbonyl (C=O) groups is 1. The fourth-order valence-corrected chi connectivity index (χ4v) is 1.74. The number of alkyl halides is 3. The molecule has 1 N–H and O–H groups in total. The number of nitriles is 1. The SMILES string of the molecule is COC(=O)C(C#N)=NNc1c(Cl)cc(C(F)(F)F)cc1Cl. The van der Waals surface area contributed by atoms with E-state index in [0.29, 0.717) is 12.1 Å². The highest BCUT2D eigenvalue weighted by molar-refractivity contribution is 6.43. The van der Waals surface area contributed by atoms with Gasteiger partial charge in [0, 0.05) is 0 Å². The summed E-state index contributed by atoms with van der Waals surface area (Å²) in [5.74, 6) is -1.02. The molecule has 1 aromatic rings. The number of hydrogen-bond acceptors (Lipinski definition) is 5. The van der Waals surface area contributed by atoms with Gasteiger partial charge in [-0.05, 0) is 12.1 Å². The Morgan fingerprint density at radius 1 is 1.38 bits per heavy atom. The highest BCUT2D eigenvalue weighted by Gasteiger charge is 2.32. The molecule has 1 aromatic carbocycles. The zero-order chi connectivity index (χ0) is 16.2. The molecule has 0 atom stereocenters. The summed E-state index contributed by atoms with van der Waals surface area (Å²) in [5, 5.41) is 11.3. The maximum absolute atomic E-state index is 12.5. The van der Waals surface area contributed by atoms with Crippen LogP contribution in [0.3, 0.4) is 0 Å². The average molecular weight is 340 g/mol. The van der Waals surface area contributed by atoms with Gasteiger partial charge in [-0.2, -0.15) is 23.5 Å². The van der Waals surface area contributed by atoms with Crippen LogP contribution in [0.25, 0.3) is 0 Å². The van der Waals surface area contributed by atoms with Gasteiger partial charge in [0.1, 0.15) is 6.07 Å². The molecule has 0 amide bonds. The third kappa shape index (κ3) is 4.24. The van der Waals surface area contributed by atoms with E-state index in [2.05, 4.69) is 15.3 Å². The minimum atomic E-state index is -4.61. The van der Waals surface area contributed by atoms with Crippen molar-refractivity contribution in [1.29, 1.82) is 5.26 Å². The van der Waals surface area contributed by atoms with E-state index in [4.69, 9.17) is 28.5 Å². The van der Waals surface area contributed by atoms with Crippen LogP contribution in [-0.4, -0.2) is 18.8 Å². The van der Waals surface area contributed by atoms with Crippen molar-refractivity contribution >= 4 is 40.6 Å². The van der Waals surface area contributed by atoms with Crippen molar-refractivity contribution in [2.75, 3.05) is 12.5 Å². The predicted molar refractivity (Wildman–Crippen MR) is 70.2 cm³/mol. The number of nitrogens with zero attached hydrogens (tertiary/aromatic N) is 2. The molecule has 0 unspecified atom stereocenters. The van der Waals surface area contributed by atoms with Crippen LogP contribution in [0.4, 0.5) is 18.9 Å². The first kappa shape index (κ1) is 17.1. The topological polar surface area (TPSA) is 74.5 Å². The Balaban J connectivity index is 3.14. The second-order valence-corrected chi connectivity index (χ2v) is 4.30. The summed E-state index contributed by atoms with van der Waals surface area (Å²) in [7, 11) is 1.03. The van der Waals surface area contributed by atoms with Gasteiger partial charge in [0.05, 0.1) is 28.4 Å². The summed E-state index contributed by atoms with van der Waals surface area (Å²) in [4.78, 5) is 11.1. The van der Waals surface area contributed by atoms with Gasteiger partial charge < -0.3 is 4.74 Å². The Morgan fingerprint density at radius 3 is 2.29 bits per heavy atom. The number of methoxy groups -OCH3 is 1. The second-order valence-electron chi connectivity index (χ2n) is 3.49. The van der Waals surface area contributed by atoms with Crippen molar-refractivity contribution in [3.63, 3.8) is 0 Å². The van der Waals surface area contributed by atoms with E-state index in [1.54, 1.807) is 0 Å². The van der Waals surface area contributed by atoms with Crippen molar-refractivity contribution in [1.82, 2.24) is 0 Å². The van der Waals surface area contributed by atoms with Gasteiger partial charge in [-0.25, -0.2) is 4.79 Å². The molecule has 0 aliphatic carbocycles. The fourth-order valence-electron chi connectivity index (χ4n) is 1.17. The predicted octanol–water partition coefficient (Wildman–Crippen LogP) is 3.48. The lowest BCUT2D eigenvalue weighted by Gasteiger charge is -2.11. The van der Waals surface area contributed by atoms with Gasteiger partial charge >= 0.3 is 12.1 Å². The number of benzene rings is 1. The molecular formula is C11H6Cl2F3N3O2. The van der Waals surface area contributed by atoms with Crippen molar-refractivity contribution in [2.24, 2.45) is 5.10 Å². The van der Waals surface area contributed by atoms with Crippen LogP contribution in [0.1, 0.15) is 5.56 Å². The van der Waals surface area contributed by atoms with E-state index in [0.717, 1.165) is 7.11 Å². The largest absolute Gasteiger partial charge is 0.464 e. The maximum atomic E-state index is 12.5. The molecule has 0 saturated carbocycles. The molecule has 21 heavy (non-hydrogen) atoms. The molecule has 0 aromatic heterocycles. The number of halogens is 5. The van der Waals surface area contributed by atoms with Crippen LogP contribution < -0.4 is 5.43 Å². The lowest BCUT2D eigenvalue weighted by molar-refractivity contribution is -0.137. The van der Waals surface area contributed by atoms with Crippen LogP contribution in [0.15, 0.2) is 17.2 Å². The van der Waals surface area contributed by atoms with Crippen molar-refractivity contribution in [3.8, 4) is 6.07 Å². The van der Waals surface area contributed by atoms with Crippen LogP contribution in [0, 0.1) is 11.3 Å². The monoisotopic (exact) mass is 339 g/mol. The molecular weight excluding hydrogens is 334 g/mol. The van der Waals surface area contributed by atoms with E-state index in [1.807, 2.05) is 0 Å². The number of carbonyl (C=O) groups excluding carboxylic acids is 1. The van der Waals surface area contributed by atoms with E-state index >= 15 is 0 Å². The van der Waals surface area contributed by atoms with Crippen LogP contribution in [0.2, 0.25) is 10.0 Å². The van der Waals surface area contributed by atoms with Crippen LogP contribution in [-0.2, 0) is 15.7 Å². The lowest BCUT2D eigenvalue weighted by atomic mass is 10.2. The van der Waals surface area contributed by atoms with E-state index in [1.165, 1.54) is 6.07 Å². The average Bonchev–Trinajstić information content (AvgIpc) is 2.40. The Morgan fingerprint density at radius 2 is 1.90 bits per heavy atom. The summed E-state index contributed by atoms with van der Waals surface area (Å²) in [6, 6.07) is 2.71. The molecule has 0 saturated heterocycles. The first-order valence-corrected chi connectivity index (χ1v) is 5.84. The second kappa shape index (κ2) is 6.65. The quantitative estimate of drug-likeness (QED) is 0.519. The molecule has 1 rings (SSSR count). The highest BCUT2D eigenvalue weighted by atomic mass is 35.5. The summed E-state index contributed by atoms with van der Waals surface area (Å²) in [6.07, 6.45) is -4.61. The number of anilines is 1. The smallest absolute Gasteiger partial charge is 0.416 e. The van der Waals surface area contributed by atoms with Gasteiger partial charge in [0.25, 0.3) is 0 Å². The molecule has 10 heteroatoms. The number of esters is 1. The van der Waals surface area contributed by atoms with Gasteiger partial charge in [0.2, 0.25) is 5.71 Å². The Bertz CT molecular complexity index is 616. The highest BCUT2D eigenvalue weighted by Crippen LogP contribution is 2.38. The van der Waals surface area contributed by atoms with Crippen LogP contribution >= 0.6 is 23.2 Å². The minimum Gasteiger partial charge on any atom is -0.464 e. The maximum Gasteiger partial charge on any atom is 0.416 e. The van der Waals surface area contributed by atoms with Crippen LogP contribution in [0.5, 0.6) is 0 Å². The molecule has 0 aliphatic heterocycles. The molecule has 5 nitrogen and oxygen atoms in total. The molecule has 0 spiro atoms. The van der Waals surface area contributed by atoms with Crippen molar-refractivity contribution in [2.45, 2.75) is 6.18 Å². The van der Waals surface area contributed by atoms with E-state index in [9.17, 15) is 18.0 Å². The number of rotatable bonds is 3. The van der Waals surface area contributed by atoms with E-state index < -0.39 is 23.4 Å². The van der Waals surface area contributed by atoms with Gasteiger partial charge in [0.15, 0.2) is 0 Å². The summed E-state index contributed by atoms with van der Waals surface area (Å²) < 4.78 is 41.9. The van der Waals surface area contributed by atoms with Gasteiger partial charge in [-0.1, -0.05) is 23.2 Å². The Hall–Kier alpha value is -1.98. The fraction of sp³-hybridized carbons (Fsp3) is 0.182. The number of ether oxygens (including phenoxy) is 1. The van der Waals surface area contributed by atoms with Gasteiger partial charge in [-0.15, -0.1) is 0 Å². The van der Waals surface area contributed by atoms with E-state index in [-0.39, 0.29) is 15.7 Å². The first-order chi connectivity index (χ1) is 9.70. The van der Waals surface area contributed by atoms with Gasteiger partial charge in [-0.3, -0.25) is 5.43 Å². The molecule has 0 heterocycles. The zero-order valence-electron chi connectivity index (χ0n) is 10.3. The molecule has 0 bridgehead atoms. The number of nitrogens with one attached hydrogen (secondary N) is 1. The third-order valence-electron chi connectivity index (χ3n) is 2.13. The summed E-state index contributed by atoms with van der Waals surface area (Å²) >= 11 is 11.3. The molecule has 112 valence electrons. The molecule has 0 aliphatic rings. The van der Waals surface area contributed by atoms with Crippen molar-refractivity contribution < 1.29 is 22.7 Å². The summed E-state index contributed by atoms with van der Waals surface area (Å²) in [6.45, 7) is 0.